The molecule has 0 aromatic heterocycles. The van der Waals surface area contributed by atoms with Gasteiger partial charge in [0, 0.05) is 37.9 Å². The Balaban J connectivity index is 1.92. The Morgan fingerprint density at radius 2 is 2.25 bits per heavy atom. The van der Waals surface area contributed by atoms with Gasteiger partial charge in [-0.25, -0.2) is 0 Å². The smallest absolute Gasteiger partial charge is 0.251 e. The Morgan fingerprint density at radius 1 is 1.45 bits per heavy atom. The summed E-state index contributed by atoms with van der Waals surface area (Å²) in [7, 11) is 3.95. The van der Waals surface area contributed by atoms with Gasteiger partial charge in [0.25, 0.3) is 5.91 Å². The minimum absolute atomic E-state index is 0.00766. The number of piperidine rings is 1. The number of hydrogen-bond donors (Lipinski definition) is 2. The number of carbonyl (C=O) groups excluding carboxylic acids is 1. The minimum Gasteiger partial charge on any atom is -0.378 e. The number of nitrogens with one attached hydrogen (secondary N) is 2. The summed E-state index contributed by atoms with van der Waals surface area (Å²) in [5, 5.41) is 6.53. The molecule has 1 aliphatic rings. The Morgan fingerprint density at radius 3 is 2.95 bits per heavy atom. The van der Waals surface area contributed by atoms with Crippen LogP contribution in [0.1, 0.15) is 30.1 Å². The van der Waals surface area contributed by atoms with Crippen LogP contribution in [0.4, 0.5) is 5.69 Å². The third kappa shape index (κ3) is 3.73. The van der Waals surface area contributed by atoms with Crippen LogP contribution in [-0.4, -0.2) is 39.1 Å². The number of anilines is 1. The minimum atomic E-state index is 0.00766. The Kier molecular flexibility index (Phi) is 5.01. The van der Waals surface area contributed by atoms with Gasteiger partial charge in [0.15, 0.2) is 0 Å². The molecule has 1 aromatic rings. The average Bonchev–Trinajstić information content (AvgIpc) is 2.46. The van der Waals surface area contributed by atoms with Crippen molar-refractivity contribution in [3.05, 3.63) is 29.8 Å². The number of carbonyl (C=O) groups is 1. The van der Waals surface area contributed by atoms with Gasteiger partial charge in [-0.05, 0) is 43.5 Å². The molecular formula is C16H25N3O. The zero-order valence-corrected chi connectivity index (χ0v) is 12.6. The van der Waals surface area contributed by atoms with Crippen molar-refractivity contribution in [2.45, 2.75) is 25.8 Å². The fourth-order valence-corrected chi connectivity index (χ4v) is 2.62. The molecule has 0 bridgehead atoms. The molecule has 4 heteroatoms. The lowest BCUT2D eigenvalue weighted by molar-refractivity contribution is 0.0943. The van der Waals surface area contributed by atoms with E-state index in [4.69, 9.17) is 0 Å². The van der Waals surface area contributed by atoms with Crippen molar-refractivity contribution in [3.8, 4) is 0 Å². The van der Waals surface area contributed by atoms with Crippen molar-refractivity contribution in [2.24, 2.45) is 5.92 Å². The molecule has 1 heterocycles. The summed E-state index contributed by atoms with van der Waals surface area (Å²) in [6.07, 6.45) is 2.47. The van der Waals surface area contributed by atoms with E-state index < -0.39 is 0 Å². The van der Waals surface area contributed by atoms with E-state index in [0.717, 1.165) is 17.8 Å². The van der Waals surface area contributed by atoms with Gasteiger partial charge in [-0.3, -0.25) is 4.79 Å². The summed E-state index contributed by atoms with van der Waals surface area (Å²) in [6.45, 7) is 4.00. The summed E-state index contributed by atoms with van der Waals surface area (Å²) >= 11 is 0. The van der Waals surface area contributed by atoms with Gasteiger partial charge < -0.3 is 15.5 Å². The molecule has 2 rings (SSSR count). The van der Waals surface area contributed by atoms with Gasteiger partial charge >= 0.3 is 0 Å². The van der Waals surface area contributed by atoms with Crippen LogP contribution in [-0.2, 0) is 0 Å². The first kappa shape index (κ1) is 14.9. The molecule has 2 N–H and O–H groups in total. The van der Waals surface area contributed by atoms with Crippen LogP contribution >= 0.6 is 0 Å². The van der Waals surface area contributed by atoms with Crippen molar-refractivity contribution >= 4 is 11.6 Å². The molecule has 1 saturated heterocycles. The second-order valence-corrected chi connectivity index (χ2v) is 5.83. The summed E-state index contributed by atoms with van der Waals surface area (Å²) in [5.74, 6) is 0.630. The molecular weight excluding hydrogens is 250 g/mol. The van der Waals surface area contributed by atoms with Gasteiger partial charge in [-0.2, -0.15) is 0 Å². The molecule has 1 aliphatic heterocycles. The lowest BCUT2D eigenvalue weighted by Gasteiger charge is -2.30. The monoisotopic (exact) mass is 275 g/mol. The largest absolute Gasteiger partial charge is 0.378 e. The second kappa shape index (κ2) is 6.75. The fourth-order valence-electron chi connectivity index (χ4n) is 2.62. The van der Waals surface area contributed by atoms with Gasteiger partial charge in [-0.15, -0.1) is 0 Å². The molecule has 1 amide bonds. The van der Waals surface area contributed by atoms with E-state index in [1.54, 1.807) is 0 Å². The third-order valence-electron chi connectivity index (χ3n) is 4.04. The van der Waals surface area contributed by atoms with Crippen molar-refractivity contribution in [2.75, 3.05) is 32.1 Å². The highest BCUT2D eigenvalue weighted by Gasteiger charge is 2.21. The molecule has 1 fully saturated rings. The number of amides is 1. The molecule has 1 aromatic carbocycles. The van der Waals surface area contributed by atoms with E-state index in [1.807, 2.05) is 43.3 Å². The Hall–Kier alpha value is -1.55. The fraction of sp³-hybridized carbons (Fsp3) is 0.562. The maximum atomic E-state index is 12.2. The Bertz CT molecular complexity index is 459. The van der Waals surface area contributed by atoms with E-state index in [0.29, 0.717) is 18.5 Å². The maximum Gasteiger partial charge on any atom is 0.251 e. The van der Waals surface area contributed by atoms with Gasteiger partial charge in [0.2, 0.25) is 0 Å². The normalized spacial score (nSPS) is 22.4. The second-order valence-electron chi connectivity index (χ2n) is 5.83. The first-order valence-electron chi connectivity index (χ1n) is 7.37. The predicted molar refractivity (Wildman–Crippen MR) is 83.3 cm³/mol. The number of rotatable bonds is 4. The van der Waals surface area contributed by atoms with E-state index >= 15 is 0 Å². The summed E-state index contributed by atoms with van der Waals surface area (Å²) in [5.41, 5.74) is 1.77. The number of nitrogens with zero attached hydrogens (tertiary/aromatic N) is 1. The summed E-state index contributed by atoms with van der Waals surface area (Å²) in [6, 6.07) is 8.10. The number of benzene rings is 1. The standard InChI is InChI=1S/C16H25N3O/c1-12-6-5-9-17-15(12)11-18-16(20)13-7-4-8-14(10-13)19(2)3/h4,7-8,10,12,15,17H,5-6,9,11H2,1-3H3,(H,18,20). The van der Waals surface area contributed by atoms with Crippen LogP contribution in [0.25, 0.3) is 0 Å². The predicted octanol–water partition coefficient (Wildman–Crippen LogP) is 1.87. The zero-order chi connectivity index (χ0) is 14.5. The van der Waals surface area contributed by atoms with Gasteiger partial charge in [0.05, 0.1) is 0 Å². The third-order valence-corrected chi connectivity index (χ3v) is 4.04. The van der Waals surface area contributed by atoms with Crippen LogP contribution in [0.2, 0.25) is 0 Å². The van der Waals surface area contributed by atoms with Crippen molar-refractivity contribution in [1.29, 1.82) is 0 Å². The van der Waals surface area contributed by atoms with Crippen LogP contribution in [0, 0.1) is 5.92 Å². The molecule has 0 spiro atoms. The van der Waals surface area contributed by atoms with Crippen molar-refractivity contribution in [1.82, 2.24) is 10.6 Å². The molecule has 2 unspecified atom stereocenters. The highest BCUT2D eigenvalue weighted by Crippen LogP contribution is 2.16. The van der Waals surface area contributed by atoms with E-state index in [9.17, 15) is 4.79 Å². The highest BCUT2D eigenvalue weighted by molar-refractivity contribution is 5.95. The first-order valence-corrected chi connectivity index (χ1v) is 7.37. The van der Waals surface area contributed by atoms with Crippen LogP contribution in [0.5, 0.6) is 0 Å². The van der Waals surface area contributed by atoms with Crippen LogP contribution in [0.15, 0.2) is 24.3 Å². The van der Waals surface area contributed by atoms with E-state index in [1.165, 1.54) is 12.8 Å². The first-order chi connectivity index (χ1) is 9.58. The molecule has 4 nitrogen and oxygen atoms in total. The maximum absolute atomic E-state index is 12.2. The summed E-state index contributed by atoms with van der Waals surface area (Å²) in [4.78, 5) is 14.2. The average molecular weight is 275 g/mol. The van der Waals surface area contributed by atoms with Crippen LogP contribution in [0.3, 0.4) is 0 Å². The molecule has 110 valence electrons. The van der Waals surface area contributed by atoms with E-state index in [-0.39, 0.29) is 5.91 Å². The Labute approximate surface area is 121 Å². The van der Waals surface area contributed by atoms with Crippen LogP contribution < -0.4 is 15.5 Å². The van der Waals surface area contributed by atoms with Gasteiger partial charge in [0.1, 0.15) is 0 Å². The highest BCUT2D eigenvalue weighted by atomic mass is 16.1. The molecule has 20 heavy (non-hydrogen) atoms. The SMILES string of the molecule is CC1CCCNC1CNC(=O)c1cccc(N(C)C)c1. The zero-order valence-electron chi connectivity index (χ0n) is 12.6. The van der Waals surface area contributed by atoms with E-state index in [2.05, 4.69) is 17.6 Å². The molecule has 0 saturated carbocycles. The van der Waals surface area contributed by atoms with Crippen molar-refractivity contribution in [3.63, 3.8) is 0 Å². The summed E-state index contributed by atoms with van der Waals surface area (Å²) < 4.78 is 0. The molecule has 0 aliphatic carbocycles. The molecule has 2 atom stereocenters. The van der Waals surface area contributed by atoms with Gasteiger partial charge in [-0.1, -0.05) is 13.0 Å². The lowest BCUT2D eigenvalue weighted by Crippen LogP contribution is -2.47. The van der Waals surface area contributed by atoms with Crippen molar-refractivity contribution < 1.29 is 4.79 Å². The topological polar surface area (TPSA) is 44.4 Å². The molecule has 0 radical (unpaired) electrons. The lowest BCUT2D eigenvalue weighted by atomic mass is 9.93. The number of hydrogen-bond acceptors (Lipinski definition) is 3. The quantitative estimate of drug-likeness (QED) is 0.882.